The molecule has 10 rings (SSSR count). The maximum atomic E-state index is 4.98. The number of benzene rings is 6. The van der Waals surface area contributed by atoms with E-state index in [4.69, 9.17) is 9.97 Å². The zero-order valence-electron chi connectivity index (χ0n) is 30.1. The van der Waals surface area contributed by atoms with Crippen LogP contribution >= 0.6 is 11.8 Å². The summed E-state index contributed by atoms with van der Waals surface area (Å²) in [6.07, 6.45) is 3.79. The number of fused-ring (bicyclic) bond motifs is 6. The highest BCUT2D eigenvalue weighted by Crippen LogP contribution is 2.53. The second-order valence-electron chi connectivity index (χ2n) is 14.6. The van der Waals surface area contributed by atoms with E-state index in [-0.39, 0.29) is 5.41 Å². The third kappa shape index (κ3) is 4.89. The standard InChI is InChI=1S/C49H37N3SSi/c1-49(2)39-25-10-12-28-43(39)53-48-44(33-42-46(47(48)49)38-24-9-11-27-41(38)52(42)45-29-14-16-31-51-45)54(35-19-5-3-6-20-35,36-21-7-4-8-22-36)37-23-17-18-34(32-37)40-26-13-15-30-50-40/h3-33H,1-2H3. The minimum atomic E-state index is -3.10. The Morgan fingerprint density at radius 3 is 1.93 bits per heavy atom. The van der Waals surface area contributed by atoms with E-state index in [0.29, 0.717) is 0 Å². The molecule has 0 aliphatic carbocycles. The van der Waals surface area contributed by atoms with E-state index in [0.717, 1.165) is 22.6 Å². The Morgan fingerprint density at radius 2 is 1.20 bits per heavy atom. The average molecular weight is 728 g/mol. The molecule has 0 N–H and O–H groups in total. The molecule has 0 saturated carbocycles. The van der Waals surface area contributed by atoms with Crippen LogP contribution in [-0.4, -0.2) is 22.6 Å². The summed E-state index contributed by atoms with van der Waals surface area (Å²) in [6.45, 7) is 4.85. The van der Waals surface area contributed by atoms with E-state index in [1.807, 2.05) is 36.3 Å². The summed E-state index contributed by atoms with van der Waals surface area (Å²) in [7, 11) is -3.10. The molecule has 6 aromatic carbocycles. The fraction of sp³-hybridized carbons (Fsp3) is 0.0612. The first-order valence-corrected chi connectivity index (χ1v) is 21.3. The van der Waals surface area contributed by atoms with E-state index in [2.05, 4.69) is 182 Å². The van der Waals surface area contributed by atoms with Crippen molar-refractivity contribution in [1.82, 2.24) is 14.5 Å². The van der Waals surface area contributed by atoms with Gasteiger partial charge in [-0.15, -0.1) is 0 Å². The predicted molar refractivity (Wildman–Crippen MR) is 228 cm³/mol. The van der Waals surface area contributed by atoms with Crippen LogP contribution in [0, 0.1) is 0 Å². The van der Waals surface area contributed by atoms with Crippen LogP contribution in [0.3, 0.4) is 0 Å². The number of pyridine rings is 2. The number of hydrogen-bond donors (Lipinski definition) is 0. The van der Waals surface area contributed by atoms with E-state index in [1.165, 1.54) is 58.0 Å². The van der Waals surface area contributed by atoms with Gasteiger partial charge in [0.25, 0.3) is 0 Å². The Kier molecular flexibility index (Phi) is 7.75. The lowest BCUT2D eigenvalue weighted by Crippen LogP contribution is -2.75. The summed E-state index contributed by atoms with van der Waals surface area (Å²) in [6, 6.07) is 64.7. The van der Waals surface area contributed by atoms with Crippen LogP contribution < -0.4 is 20.7 Å². The van der Waals surface area contributed by atoms with Crippen molar-refractivity contribution in [3.05, 3.63) is 199 Å². The SMILES string of the molecule is CC1(C)c2ccccc2Sc2c([Si](c3ccccc3)(c3ccccc3)c3cccc(-c4ccccn4)c3)cc3c(c21)c1ccccc1n3-c1ccccn1. The van der Waals surface area contributed by atoms with Gasteiger partial charge in [0.15, 0.2) is 8.07 Å². The molecule has 0 radical (unpaired) electrons. The summed E-state index contributed by atoms with van der Waals surface area (Å²) in [5.41, 5.74) is 6.88. The fourth-order valence-corrected chi connectivity index (χ4v) is 15.8. The average Bonchev–Trinajstić information content (AvgIpc) is 3.56. The van der Waals surface area contributed by atoms with Gasteiger partial charge in [0, 0.05) is 43.9 Å². The highest BCUT2D eigenvalue weighted by Gasteiger charge is 2.47. The van der Waals surface area contributed by atoms with Crippen LogP contribution in [0.1, 0.15) is 25.0 Å². The first-order chi connectivity index (χ1) is 26.6. The molecule has 1 aliphatic heterocycles. The molecule has 3 aromatic heterocycles. The molecule has 0 fully saturated rings. The third-order valence-corrected chi connectivity index (χ3v) is 17.4. The molecular weight excluding hydrogens is 691 g/mol. The molecule has 4 heterocycles. The van der Waals surface area contributed by atoms with Crippen LogP contribution in [0.25, 0.3) is 38.9 Å². The molecule has 54 heavy (non-hydrogen) atoms. The Morgan fingerprint density at radius 1 is 0.556 bits per heavy atom. The van der Waals surface area contributed by atoms with E-state index in [9.17, 15) is 0 Å². The van der Waals surface area contributed by atoms with Gasteiger partial charge in [0.05, 0.1) is 16.7 Å². The van der Waals surface area contributed by atoms with Gasteiger partial charge in [0.1, 0.15) is 5.82 Å². The van der Waals surface area contributed by atoms with Crippen molar-refractivity contribution in [3.8, 4) is 17.1 Å². The van der Waals surface area contributed by atoms with Gasteiger partial charge in [0.2, 0.25) is 0 Å². The normalized spacial score (nSPS) is 13.4. The van der Waals surface area contributed by atoms with Crippen molar-refractivity contribution in [3.63, 3.8) is 0 Å². The molecule has 0 saturated heterocycles. The number of aromatic nitrogens is 3. The van der Waals surface area contributed by atoms with E-state index in [1.54, 1.807) is 0 Å². The summed E-state index contributed by atoms with van der Waals surface area (Å²) in [4.78, 5) is 12.5. The van der Waals surface area contributed by atoms with Crippen LogP contribution in [0.5, 0.6) is 0 Å². The van der Waals surface area contributed by atoms with Gasteiger partial charge in [-0.3, -0.25) is 9.55 Å². The van der Waals surface area contributed by atoms with Crippen molar-refractivity contribution in [2.75, 3.05) is 0 Å². The lowest BCUT2D eigenvalue weighted by Gasteiger charge is -2.41. The summed E-state index contributed by atoms with van der Waals surface area (Å²) >= 11 is 1.95. The second-order valence-corrected chi connectivity index (χ2v) is 19.4. The predicted octanol–water partition coefficient (Wildman–Crippen LogP) is 9.41. The second kappa shape index (κ2) is 12.8. The maximum absolute atomic E-state index is 4.98. The van der Waals surface area contributed by atoms with Crippen LogP contribution in [-0.2, 0) is 5.41 Å². The monoisotopic (exact) mass is 727 g/mol. The quantitative estimate of drug-likeness (QED) is 0.126. The Labute approximate surface area is 321 Å². The van der Waals surface area contributed by atoms with Gasteiger partial charge >= 0.3 is 0 Å². The van der Waals surface area contributed by atoms with Crippen LogP contribution in [0.2, 0.25) is 0 Å². The van der Waals surface area contributed by atoms with Gasteiger partial charge < -0.3 is 0 Å². The Bertz CT molecular complexity index is 2780. The topological polar surface area (TPSA) is 30.7 Å². The van der Waals surface area contributed by atoms with Crippen LogP contribution in [0.4, 0.5) is 0 Å². The lowest BCUT2D eigenvalue weighted by molar-refractivity contribution is 0.615. The van der Waals surface area contributed by atoms with Crippen molar-refractivity contribution >= 4 is 62.4 Å². The highest BCUT2D eigenvalue weighted by atomic mass is 32.2. The minimum absolute atomic E-state index is 0.298. The molecule has 0 atom stereocenters. The molecular formula is C49H37N3SSi. The largest absolute Gasteiger partial charge is 0.294 e. The number of nitrogens with zero attached hydrogens (tertiary/aromatic N) is 3. The van der Waals surface area contributed by atoms with Gasteiger partial charge in [-0.1, -0.05) is 159 Å². The zero-order valence-corrected chi connectivity index (χ0v) is 32.0. The molecule has 0 amide bonds. The molecule has 9 aromatic rings. The Hall–Kier alpha value is -6.01. The number of para-hydroxylation sites is 1. The van der Waals surface area contributed by atoms with Crippen molar-refractivity contribution < 1.29 is 0 Å². The molecule has 0 spiro atoms. The number of rotatable bonds is 6. The maximum Gasteiger partial charge on any atom is 0.180 e. The summed E-state index contributed by atoms with van der Waals surface area (Å²) < 4.78 is 2.40. The van der Waals surface area contributed by atoms with Crippen LogP contribution in [0.15, 0.2) is 198 Å². The Balaban J connectivity index is 1.44. The summed E-state index contributed by atoms with van der Waals surface area (Å²) in [5.74, 6) is 0.917. The molecule has 0 unspecified atom stereocenters. The smallest absolute Gasteiger partial charge is 0.180 e. The molecule has 5 heteroatoms. The first-order valence-electron chi connectivity index (χ1n) is 18.5. The van der Waals surface area contributed by atoms with Gasteiger partial charge in [-0.05, 0) is 74.3 Å². The first kappa shape index (κ1) is 32.6. The number of hydrogen-bond acceptors (Lipinski definition) is 3. The zero-order chi connectivity index (χ0) is 36.3. The lowest BCUT2D eigenvalue weighted by atomic mass is 9.76. The highest BCUT2D eigenvalue weighted by molar-refractivity contribution is 7.99. The van der Waals surface area contributed by atoms with E-state index < -0.39 is 8.07 Å². The molecule has 1 aliphatic rings. The van der Waals surface area contributed by atoms with Crippen molar-refractivity contribution in [2.45, 2.75) is 29.1 Å². The van der Waals surface area contributed by atoms with Crippen molar-refractivity contribution in [2.24, 2.45) is 0 Å². The van der Waals surface area contributed by atoms with Gasteiger partial charge in [-0.25, -0.2) is 4.98 Å². The van der Waals surface area contributed by atoms with E-state index >= 15 is 0 Å². The fourth-order valence-electron chi connectivity index (χ4n) is 8.93. The summed E-state index contributed by atoms with van der Waals surface area (Å²) in [5, 5.41) is 7.93. The minimum Gasteiger partial charge on any atom is -0.294 e. The van der Waals surface area contributed by atoms with Gasteiger partial charge in [-0.2, -0.15) is 0 Å². The molecule has 0 bridgehead atoms. The molecule has 3 nitrogen and oxygen atoms in total. The van der Waals surface area contributed by atoms with Crippen molar-refractivity contribution in [1.29, 1.82) is 0 Å². The third-order valence-electron chi connectivity index (χ3n) is 11.3. The molecule has 258 valence electrons.